The van der Waals surface area contributed by atoms with E-state index in [1.165, 1.54) is 18.2 Å². The molecular weight excluding hydrogens is 278 g/mol. The fourth-order valence-corrected chi connectivity index (χ4v) is 1.57. The summed E-state index contributed by atoms with van der Waals surface area (Å²) in [5.41, 5.74) is 9.60. The largest absolute Gasteiger partial charge is 0.393 e. The second kappa shape index (κ2) is 5.74. The normalized spacial score (nSPS) is 9.90. The van der Waals surface area contributed by atoms with Gasteiger partial charge in [0.15, 0.2) is 0 Å². The molecule has 1 aromatic heterocycles. The number of hydrogen-bond donors (Lipinski definition) is 4. The molecule has 9 heteroatoms. The van der Waals surface area contributed by atoms with Crippen LogP contribution in [0.4, 0.5) is 11.4 Å². The van der Waals surface area contributed by atoms with Crippen LogP contribution in [0.3, 0.4) is 0 Å². The molecule has 2 aromatic rings. The number of rotatable bonds is 3. The van der Waals surface area contributed by atoms with Crippen molar-refractivity contribution in [1.29, 1.82) is 0 Å². The summed E-state index contributed by atoms with van der Waals surface area (Å²) < 4.78 is 0. The van der Waals surface area contributed by atoms with Gasteiger partial charge in [0.1, 0.15) is 11.4 Å². The Balaban J connectivity index is 2.05. The Morgan fingerprint density at radius 3 is 2.52 bits per heavy atom. The Morgan fingerprint density at radius 1 is 1.19 bits per heavy atom. The number of nitrogens with zero attached hydrogens (tertiary/aromatic N) is 1. The van der Waals surface area contributed by atoms with Gasteiger partial charge >= 0.3 is 0 Å². The Hall–Kier alpha value is -3.36. The third-order valence-corrected chi connectivity index (χ3v) is 2.62. The van der Waals surface area contributed by atoms with Gasteiger partial charge in [0.2, 0.25) is 0 Å². The van der Waals surface area contributed by atoms with Crippen LogP contribution in [0.2, 0.25) is 0 Å². The van der Waals surface area contributed by atoms with E-state index in [0.717, 1.165) is 6.07 Å². The van der Waals surface area contributed by atoms with Crippen LogP contribution in [-0.4, -0.2) is 21.7 Å². The summed E-state index contributed by atoms with van der Waals surface area (Å²) in [5.74, 6) is -1.24. The van der Waals surface area contributed by atoms with Gasteiger partial charge in [-0.1, -0.05) is 0 Å². The van der Waals surface area contributed by atoms with Gasteiger partial charge in [0.25, 0.3) is 17.5 Å². The van der Waals surface area contributed by atoms with Crippen LogP contribution in [0.15, 0.2) is 36.5 Å². The molecule has 1 heterocycles. The van der Waals surface area contributed by atoms with E-state index < -0.39 is 16.7 Å². The summed E-state index contributed by atoms with van der Waals surface area (Å²) in [5, 5.41) is 10.7. The lowest BCUT2D eigenvalue weighted by Crippen LogP contribution is -2.41. The van der Waals surface area contributed by atoms with Crippen molar-refractivity contribution in [2.75, 3.05) is 5.73 Å². The van der Waals surface area contributed by atoms with E-state index in [9.17, 15) is 19.7 Å². The molecule has 0 saturated heterocycles. The topological polar surface area (TPSA) is 143 Å². The van der Waals surface area contributed by atoms with E-state index in [1.807, 2.05) is 0 Å². The molecule has 2 rings (SSSR count). The third kappa shape index (κ3) is 3.15. The van der Waals surface area contributed by atoms with Crippen LogP contribution in [0.25, 0.3) is 0 Å². The van der Waals surface area contributed by atoms with Gasteiger partial charge in [-0.05, 0) is 24.3 Å². The first-order chi connectivity index (χ1) is 9.99. The summed E-state index contributed by atoms with van der Waals surface area (Å²) in [6, 6.07) is 6.75. The molecule has 0 unspecified atom stereocenters. The van der Waals surface area contributed by atoms with Gasteiger partial charge in [-0.3, -0.25) is 30.6 Å². The van der Waals surface area contributed by atoms with E-state index in [2.05, 4.69) is 15.8 Å². The smallest absolute Gasteiger partial charge is 0.292 e. The number of nitrogens with one attached hydrogen (secondary N) is 3. The maximum atomic E-state index is 11.8. The predicted molar refractivity (Wildman–Crippen MR) is 73.2 cm³/mol. The lowest BCUT2D eigenvalue weighted by molar-refractivity contribution is -0.383. The van der Waals surface area contributed by atoms with Crippen molar-refractivity contribution in [1.82, 2.24) is 15.8 Å². The molecule has 0 saturated carbocycles. The van der Waals surface area contributed by atoms with Gasteiger partial charge in [-0.15, -0.1) is 0 Å². The number of hydrazine groups is 1. The number of anilines is 1. The molecule has 0 fully saturated rings. The fourth-order valence-electron chi connectivity index (χ4n) is 1.57. The van der Waals surface area contributed by atoms with Gasteiger partial charge in [0, 0.05) is 17.8 Å². The van der Waals surface area contributed by atoms with Crippen molar-refractivity contribution in [3.05, 3.63) is 57.9 Å². The van der Waals surface area contributed by atoms with E-state index in [-0.39, 0.29) is 22.6 Å². The van der Waals surface area contributed by atoms with Crippen LogP contribution >= 0.6 is 0 Å². The highest BCUT2D eigenvalue weighted by atomic mass is 16.6. The van der Waals surface area contributed by atoms with Crippen LogP contribution < -0.4 is 16.6 Å². The van der Waals surface area contributed by atoms with Gasteiger partial charge in [-0.25, -0.2) is 0 Å². The van der Waals surface area contributed by atoms with Crippen molar-refractivity contribution < 1.29 is 14.5 Å². The summed E-state index contributed by atoms with van der Waals surface area (Å²) in [6.07, 6.45) is 1.56. The van der Waals surface area contributed by atoms with Crippen molar-refractivity contribution in [2.45, 2.75) is 0 Å². The fraction of sp³-hybridized carbons (Fsp3) is 0. The second-order valence-corrected chi connectivity index (χ2v) is 4.02. The van der Waals surface area contributed by atoms with Crippen LogP contribution in [0.1, 0.15) is 20.8 Å². The number of nitro groups is 1. The Morgan fingerprint density at radius 2 is 1.90 bits per heavy atom. The minimum Gasteiger partial charge on any atom is -0.393 e. The molecule has 108 valence electrons. The molecule has 2 amide bonds. The molecule has 21 heavy (non-hydrogen) atoms. The zero-order valence-corrected chi connectivity index (χ0v) is 10.6. The molecule has 5 N–H and O–H groups in total. The minimum absolute atomic E-state index is 0.00249. The first-order valence-electron chi connectivity index (χ1n) is 5.77. The third-order valence-electron chi connectivity index (χ3n) is 2.62. The molecule has 0 spiro atoms. The monoisotopic (exact) mass is 289 g/mol. The molecular formula is C12H11N5O4. The number of nitrogens with two attached hydrogens (primary N) is 1. The molecule has 1 aromatic carbocycles. The average molecular weight is 289 g/mol. The lowest BCUT2D eigenvalue weighted by atomic mass is 10.1. The van der Waals surface area contributed by atoms with Gasteiger partial charge < -0.3 is 10.7 Å². The van der Waals surface area contributed by atoms with Gasteiger partial charge in [-0.2, -0.15) is 0 Å². The molecule has 0 aliphatic carbocycles. The first kappa shape index (κ1) is 14.1. The molecule has 0 aliphatic rings. The Labute approximate surface area is 118 Å². The van der Waals surface area contributed by atoms with E-state index in [0.29, 0.717) is 0 Å². The molecule has 0 aliphatic heterocycles. The SMILES string of the molecule is Nc1ccc(C(=O)NNC(=O)c2ccc[nH]2)cc1[N+](=O)[O-]. The van der Waals surface area contributed by atoms with E-state index >= 15 is 0 Å². The quantitative estimate of drug-likeness (QED) is 0.371. The number of H-pyrrole nitrogens is 1. The number of nitro benzene ring substituents is 1. The first-order valence-corrected chi connectivity index (χ1v) is 5.77. The number of carbonyl (C=O) groups excluding carboxylic acids is 2. The number of carbonyl (C=O) groups is 2. The zero-order chi connectivity index (χ0) is 15.4. The molecule has 0 bridgehead atoms. The second-order valence-electron chi connectivity index (χ2n) is 4.02. The lowest BCUT2D eigenvalue weighted by Gasteiger charge is -2.07. The summed E-state index contributed by atoms with van der Waals surface area (Å²) >= 11 is 0. The highest BCUT2D eigenvalue weighted by molar-refractivity contribution is 5.99. The number of benzene rings is 1. The average Bonchev–Trinajstić information content (AvgIpc) is 2.98. The highest BCUT2D eigenvalue weighted by Crippen LogP contribution is 2.22. The minimum atomic E-state index is -0.696. The molecule has 9 nitrogen and oxygen atoms in total. The van der Waals surface area contributed by atoms with Crippen LogP contribution in [0.5, 0.6) is 0 Å². The maximum absolute atomic E-state index is 11.8. The summed E-state index contributed by atoms with van der Waals surface area (Å²) in [6.45, 7) is 0. The van der Waals surface area contributed by atoms with Crippen LogP contribution in [-0.2, 0) is 0 Å². The van der Waals surface area contributed by atoms with Crippen LogP contribution in [0, 0.1) is 10.1 Å². The zero-order valence-electron chi connectivity index (χ0n) is 10.6. The molecule has 0 atom stereocenters. The summed E-state index contributed by atoms with van der Waals surface area (Å²) in [7, 11) is 0. The number of aromatic amines is 1. The highest BCUT2D eigenvalue weighted by Gasteiger charge is 2.16. The summed E-state index contributed by atoms with van der Waals surface area (Å²) in [4.78, 5) is 36.1. The van der Waals surface area contributed by atoms with Crippen molar-refractivity contribution in [2.24, 2.45) is 0 Å². The Bertz CT molecular complexity index is 696. The number of hydrogen-bond acceptors (Lipinski definition) is 5. The van der Waals surface area contributed by atoms with E-state index in [1.54, 1.807) is 12.3 Å². The predicted octanol–water partition coefficient (Wildman–Crippen LogP) is 0.580. The van der Waals surface area contributed by atoms with Crippen molar-refractivity contribution in [3.63, 3.8) is 0 Å². The standard InChI is InChI=1S/C12H11N5O4/c13-8-4-3-7(6-10(8)17(20)21)11(18)15-16-12(19)9-2-1-5-14-9/h1-6,14H,13H2,(H,15,18)(H,16,19). The number of amides is 2. The maximum Gasteiger partial charge on any atom is 0.292 e. The Kier molecular flexibility index (Phi) is 3.84. The van der Waals surface area contributed by atoms with Gasteiger partial charge in [0.05, 0.1) is 4.92 Å². The number of nitrogen functional groups attached to an aromatic ring is 1. The van der Waals surface area contributed by atoms with Crippen molar-refractivity contribution in [3.8, 4) is 0 Å². The van der Waals surface area contributed by atoms with E-state index in [4.69, 9.17) is 5.73 Å². The van der Waals surface area contributed by atoms with Crippen molar-refractivity contribution >= 4 is 23.2 Å². The number of aromatic nitrogens is 1. The molecule has 0 radical (unpaired) electrons.